The lowest BCUT2D eigenvalue weighted by Gasteiger charge is -2.31. The Labute approximate surface area is 129 Å². The average Bonchev–Trinajstić information content (AvgIpc) is 2.95. The number of ether oxygens (including phenoxy) is 1. The van der Waals surface area contributed by atoms with Gasteiger partial charge in [0.2, 0.25) is 0 Å². The van der Waals surface area contributed by atoms with Crippen molar-refractivity contribution in [1.82, 2.24) is 4.98 Å². The predicted octanol–water partition coefficient (Wildman–Crippen LogP) is 3.46. The number of rotatable bonds is 4. The zero-order valence-electron chi connectivity index (χ0n) is 12.5. The minimum atomic E-state index is 0.264. The summed E-state index contributed by atoms with van der Waals surface area (Å²) in [6.07, 6.45) is 0. The van der Waals surface area contributed by atoms with E-state index in [1.54, 1.807) is 11.3 Å². The Balaban J connectivity index is 1.80. The number of thiazole rings is 1. The number of aromatic nitrogens is 1. The topological polar surface area (TPSA) is 37.4 Å². The molecule has 0 spiro atoms. The van der Waals surface area contributed by atoms with Crippen molar-refractivity contribution < 1.29 is 4.74 Å². The Kier molecular flexibility index (Phi) is 4.41. The molecular weight excluding hydrogens is 282 g/mol. The molecule has 0 bridgehead atoms. The minimum Gasteiger partial charge on any atom is -0.378 e. The van der Waals surface area contributed by atoms with E-state index in [0.29, 0.717) is 0 Å². The van der Waals surface area contributed by atoms with Gasteiger partial charge in [0.1, 0.15) is 0 Å². The van der Waals surface area contributed by atoms with Crippen LogP contribution in [0, 0.1) is 6.92 Å². The molecule has 1 atom stereocenters. The second-order valence-electron chi connectivity index (χ2n) is 5.28. The van der Waals surface area contributed by atoms with E-state index in [9.17, 15) is 0 Å². The van der Waals surface area contributed by atoms with Crippen LogP contribution in [0.15, 0.2) is 29.8 Å². The second kappa shape index (κ2) is 6.45. The molecule has 2 aromatic rings. The van der Waals surface area contributed by atoms with Crippen molar-refractivity contribution in [3.8, 4) is 0 Å². The van der Waals surface area contributed by atoms with Crippen molar-refractivity contribution in [2.75, 3.05) is 36.5 Å². The maximum atomic E-state index is 5.45. The number of hydrogen-bond acceptors (Lipinski definition) is 5. The van der Waals surface area contributed by atoms with Crippen LogP contribution >= 0.6 is 11.3 Å². The van der Waals surface area contributed by atoms with Gasteiger partial charge in [-0.15, -0.1) is 11.3 Å². The Morgan fingerprint density at radius 1 is 1.29 bits per heavy atom. The third kappa shape index (κ3) is 3.19. The van der Waals surface area contributed by atoms with Crippen molar-refractivity contribution >= 4 is 22.7 Å². The van der Waals surface area contributed by atoms with Gasteiger partial charge in [0.25, 0.3) is 0 Å². The molecule has 0 aliphatic carbocycles. The van der Waals surface area contributed by atoms with Crippen LogP contribution in [0.2, 0.25) is 0 Å². The normalized spacial score (nSPS) is 16.8. The van der Waals surface area contributed by atoms with Gasteiger partial charge in [0.05, 0.1) is 41.8 Å². The standard InChI is InChI=1S/C16H21N3OS/c1-12-16(21-11-17-12)13(2)18-14-5-3-4-6-15(14)19-7-9-20-10-8-19/h3-6,11,13,18H,7-10H2,1-2H3. The highest BCUT2D eigenvalue weighted by Crippen LogP contribution is 2.31. The largest absolute Gasteiger partial charge is 0.378 e. The lowest BCUT2D eigenvalue weighted by Crippen LogP contribution is -2.36. The van der Waals surface area contributed by atoms with Crippen LogP contribution in [-0.4, -0.2) is 31.3 Å². The summed E-state index contributed by atoms with van der Waals surface area (Å²) in [6, 6.07) is 8.77. The molecule has 1 aromatic carbocycles. The van der Waals surface area contributed by atoms with Gasteiger partial charge in [0, 0.05) is 18.0 Å². The number of anilines is 2. The summed E-state index contributed by atoms with van der Waals surface area (Å²) in [5, 5.41) is 3.64. The highest BCUT2D eigenvalue weighted by Gasteiger charge is 2.17. The molecule has 1 fully saturated rings. The third-order valence-electron chi connectivity index (χ3n) is 3.80. The van der Waals surface area contributed by atoms with Crippen molar-refractivity contribution in [2.45, 2.75) is 19.9 Å². The number of nitrogens with one attached hydrogen (secondary N) is 1. The zero-order chi connectivity index (χ0) is 14.7. The van der Waals surface area contributed by atoms with Gasteiger partial charge in [-0.05, 0) is 26.0 Å². The Bertz CT molecular complexity index is 593. The molecule has 1 aliphatic heterocycles. The molecule has 21 heavy (non-hydrogen) atoms. The number of benzene rings is 1. The van der Waals surface area contributed by atoms with Crippen molar-refractivity contribution in [3.05, 3.63) is 40.3 Å². The maximum absolute atomic E-state index is 5.45. The second-order valence-corrected chi connectivity index (χ2v) is 6.17. The average molecular weight is 303 g/mol. The smallest absolute Gasteiger partial charge is 0.0798 e. The molecule has 1 aromatic heterocycles. The van der Waals surface area contributed by atoms with E-state index in [1.807, 2.05) is 5.51 Å². The van der Waals surface area contributed by atoms with Gasteiger partial charge in [-0.25, -0.2) is 4.98 Å². The molecule has 0 saturated carbocycles. The summed E-state index contributed by atoms with van der Waals surface area (Å²) in [4.78, 5) is 8.03. The first-order valence-corrected chi connectivity index (χ1v) is 8.22. The van der Waals surface area contributed by atoms with Gasteiger partial charge in [-0.3, -0.25) is 0 Å². The summed E-state index contributed by atoms with van der Waals surface area (Å²) in [5.41, 5.74) is 5.47. The molecule has 4 nitrogen and oxygen atoms in total. The van der Waals surface area contributed by atoms with E-state index in [-0.39, 0.29) is 6.04 Å². The highest BCUT2D eigenvalue weighted by molar-refractivity contribution is 7.09. The molecule has 2 heterocycles. The number of para-hydroxylation sites is 2. The molecule has 0 radical (unpaired) electrons. The van der Waals surface area contributed by atoms with Crippen LogP contribution in [0.5, 0.6) is 0 Å². The fourth-order valence-corrected chi connectivity index (χ4v) is 3.51. The lowest BCUT2D eigenvalue weighted by atomic mass is 10.2. The van der Waals surface area contributed by atoms with E-state index >= 15 is 0 Å². The van der Waals surface area contributed by atoms with Gasteiger partial charge in [-0.2, -0.15) is 0 Å². The monoisotopic (exact) mass is 303 g/mol. The number of nitrogens with zero attached hydrogens (tertiary/aromatic N) is 2. The van der Waals surface area contributed by atoms with Gasteiger partial charge >= 0.3 is 0 Å². The Morgan fingerprint density at radius 2 is 2.05 bits per heavy atom. The molecule has 1 unspecified atom stereocenters. The first-order chi connectivity index (χ1) is 10.3. The number of hydrogen-bond donors (Lipinski definition) is 1. The summed E-state index contributed by atoms with van der Waals surface area (Å²) in [6.45, 7) is 7.77. The van der Waals surface area contributed by atoms with Crippen molar-refractivity contribution in [3.63, 3.8) is 0 Å². The van der Waals surface area contributed by atoms with Gasteiger partial charge in [-0.1, -0.05) is 12.1 Å². The van der Waals surface area contributed by atoms with Crippen LogP contribution in [0.4, 0.5) is 11.4 Å². The number of morpholine rings is 1. The quantitative estimate of drug-likeness (QED) is 0.938. The molecule has 1 aliphatic rings. The Morgan fingerprint density at radius 3 is 2.76 bits per heavy atom. The Hall–Kier alpha value is -1.59. The zero-order valence-corrected chi connectivity index (χ0v) is 13.3. The molecule has 0 amide bonds. The summed E-state index contributed by atoms with van der Waals surface area (Å²) < 4.78 is 5.45. The maximum Gasteiger partial charge on any atom is 0.0798 e. The molecule has 1 N–H and O–H groups in total. The van der Waals surface area contributed by atoms with Gasteiger partial charge < -0.3 is 15.0 Å². The highest BCUT2D eigenvalue weighted by atomic mass is 32.1. The molecule has 112 valence electrons. The van der Waals surface area contributed by atoms with E-state index in [1.165, 1.54) is 16.3 Å². The van der Waals surface area contributed by atoms with E-state index in [0.717, 1.165) is 32.0 Å². The first-order valence-electron chi connectivity index (χ1n) is 7.34. The molecular formula is C16H21N3OS. The van der Waals surface area contributed by atoms with Crippen molar-refractivity contribution in [2.24, 2.45) is 0 Å². The summed E-state index contributed by atoms with van der Waals surface area (Å²) >= 11 is 1.71. The SMILES string of the molecule is Cc1ncsc1C(C)Nc1ccccc1N1CCOCC1. The van der Waals surface area contributed by atoms with E-state index in [4.69, 9.17) is 4.74 Å². The molecule has 5 heteroatoms. The van der Waals surface area contributed by atoms with E-state index in [2.05, 4.69) is 53.3 Å². The van der Waals surface area contributed by atoms with Crippen LogP contribution in [0.25, 0.3) is 0 Å². The third-order valence-corrected chi connectivity index (χ3v) is 4.92. The van der Waals surface area contributed by atoms with Crippen LogP contribution in [-0.2, 0) is 4.74 Å². The van der Waals surface area contributed by atoms with Crippen LogP contribution in [0.3, 0.4) is 0 Å². The minimum absolute atomic E-state index is 0.264. The lowest BCUT2D eigenvalue weighted by molar-refractivity contribution is 0.123. The van der Waals surface area contributed by atoms with Crippen LogP contribution < -0.4 is 10.2 Å². The fourth-order valence-electron chi connectivity index (χ4n) is 2.70. The summed E-state index contributed by atoms with van der Waals surface area (Å²) in [7, 11) is 0. The van der Waals surface area contributed by atoms with Crippen molar-refractivity contribution in [1.29, 1.82) is 0 Å². The fraction of sp³-hybridized carbons (Fsp3) is 0.438. The van der Waals surface area contributed by atoms with E-state index < -0.39 is 0 Å². The number of aryl methyl sites for hydroxylation is 1. The first kappa shape index (κ1) is 14.4. The van der Waals surface area contributed by atoms with Gasteiger partial charge in [0.15, 0.2) is 0 Å². The summed E-state index contributed by atoms with van der Waals surface area (Å²) in [5.74, 6) is 0. The van der Waals surface area contributed by atoms with Crippen LogP contribution in [0.1, 0.15) is 23.5 Å². The molecule has 3 rings (SSSR count). The predicted molar refractivity (Wildman–Crippen MR) is 88.4 cm³/mol. The molecule has 1 saturated heterocycles.